The van der Waals surface area contributed by atoms with Crippen LogP contribution in [0.5, 0.6) is 0 Å². The lowest BCUT2D eigenvalue weighted by Gasteiger charge is -2.26. The van der Waals surface area contributed by atoms with Crippen molar-refractivity contribution in [3.8, 4) is 11.4 Å². The Kier molecular flexibility index (Phi) is 4.96. The maximum absolute atomic E-state index is 4.52. The van der Waals surface area contributed by atoms with Gasteiger partial charge < -0.3 is 0 Å². The second-order valence-corrected chi connectivity index (χ2v) is 7.93. The predicted molar refractivity (Wildman–Crippen MR) is 98.4 cm³/mol. The monoisotopic (exact) mass is 370 g/mol. The van der Waals surface area contributed by atoms with Gasteiger partial charge in [-0.3, -0.25) is 9.55 Å². The van der Waals surface area contributed by atoms with Crippen molar-refractivity contribution < 1.29 is 0 Å². The molecule has 3 heterocycles. The Morgan fingerprint density at radius 1 is 1.08 bits per heavy atom. The van der Waals surface area contributed by atoms with E-state index in [1.54, 1.807) is 28.8 Å². The second-order valence-electron chi connectivity index (χ2n) is 6.62. The lowest BCUT2D eigenvalue weighted by Crippen LogP contribution is -2.15. The standard InChI is InChI=1S/C17H22N8S/c1-12(15-20-22-23-24(15)2)26-17-21-19-16(13-8-10-18-11-9-13)25(17)14-6-4-3-5-7-14/h8-12,14H,3-7H2,1-2H3. The summed E-state index contributed by atoms with van der Waals surface area (Å²) in [7, 11) is 1.86. The molecule has 8 nitrogen and oxygen atoms in total. The minimum atomic E-state index is 0.0897. The van der Waals surface area contributed by atoms with Crippen LogP contribution in [0, 0.1) is 0 Å². The van der Waals surface area contributed by atoms with Crippen molar-refractivity contribution in [2.45, 2.75) is 55.5 Å². The van der Waals surface area contributed by atoms with Crippen LogP contribution in [0.4, 0.5) is 0 Å². The second kappa shape index (κ2) is 7.53. The van der Waals surface area contributed by atoms with Gasteiger partial charge in [0.1, 0.15) is 0 Å². The average molecular weight is 370 g/mol. The van der Waals surface area contributed by atoms with Crippen molar-refractivity contribution in [1.29, 1.82) is 0 Å². The average Bonchev–Trinajstić information content (AvgIpc) is 3.29. The molecule has 1 fully saturated rings. The Morgan fingerprint density at radius 3 is 2.54 bits per heavy atom. The van der Waals surface area contributed by atoms with Crippen molar-refractivity contribution in [3.05, 3.63) is 30.4 Å². The predicted octanol–water partition coefficient (Wildman–Crippen LogP) is 3.22. The van der Waals surface area contributed by atoms with Crippen LogP contribution in [0.15, 0.2) is 29.7 Å². The Balaban J connectivity index is 1.70. The zero-order chi connectivity index (χ0) is 17.9. The fourth-order valence-electron chi connectivity index (χ4n) is 3.52. The molecule has 0 N–H and O–H groups in total. The van der Waals surface area contributed by atoms with Gasteiger partial charge in [-0.15, -0.1) is 15.3 Å². The van der Waals surface area contributed by atoms with Gasteiger partial charge in [-0.25, -0.2) is 4.68 Å². The molecular formula is C17H22N8S. The van der Waals surface area contributed by atoms with Crippen molar-refractivity contribution in [2.75, 3.05) is 0 Å². The summed E-state index contributed by atoms with van der Waals surface area (Å²) >= 11 is 1.66. The van der Waals surface area contributed by atoms with Gasteiger partial charge in [0, 0.05) is 31.0 Å². The van der Waals surface area contributed by atoms with Gasteiger partial charge in [-0.05, 0) is 42.3 Å². The molecule has 1 aliphatic rings. The molecule has 1 atom stereocenters. The van der Waals surface area contributed by atoms with Gasteiger partial charge in [0.15, 0.2) is 16.8 Å². The number of nitrogens with zero attached hydrogens (tertiary/aromatic N) is 8. The van der Waals surface area contributed by atoms with E-state index in [1.807, 2.05) is 19.2 Å². The maximum atomic E-state index is 4.52. The van der Waals surface area contributed by atoms with Crippen LogP contribution < -0.4 is 0 Å². The molecule has 0 aromatic carbocycles. The minimum Gasteiger partial charge on any atom is -0.299 e. The van der Waals surface area contributed by atoms with Gasteiger partial charge in [0.25, 0.3) is 0 Å². The van der Waals surface area contributed by atoms with Crippen LogP contribution in [0.25, 0.3) is 11.4 Å². The Hall–Kier alpha value is -2.29. The van der Waals surface area contributed by atoms with Crippen LogP contribution in [-0.4, -0.2) is 40.0 Å². The zero-order valence-electron chi connectivity index (χ0n) is 15.0. The normalized spacial score (nSPS) is 16.7. The molecule has 0 aliphatic heterocycles. The molecule has 0 amide bonds. The summed E-state index contributed by atoms with van der Waals surface area (Å²) in [5.41, 5.74) is 1.05. The van der Waals surface area contributed by atoms with E-state index in [9.17, 15) is 0 Å². The van der Waals surface area contributed by atoms with E-state index in [0.29, 0.717) is 6.04 Å². The van der Waals surface area contributed by atoms with Crippen LogP contribution in [0.3, 0.4) is 0 Å². The quantitative estimate of drug-likeness (QED) is 0.637. The zero-order valence-corrected chi connectivity index (χ0v) is 15.8. The van der Waals surface area contributed by atoms with Crippen molar-refractivity contribution in [1.82, 2.24) is 40.0 Å². The summed E-state index contributed by atoms with van der Waals surface area (Å²) in [6, 6.07) is 4.43. The summed E-state index contributed by atoms with van der Waals surface area (Å²) in [5, 5.41) is 21.9. The molecule has 0 radical (unpaired) electrons. The molecule has 26 heavy (non-hydrogen) atoms. The summed E-state index contributed by atoms with van der Waals surface area (Å²) in [5.74, 6) is 1.75. The third kappa shape index (κ3) is 3.35. The number of aryl methyl sites for hydroxylation is 1. The van der Waals surface area contributed by atoms with Crippen molar-refractivity contribution in [2.24, 2.45) is 7.05 Å². The summed E-state index contributed by atoms with van der Waals surface area (Å²) < 4.78 is 4.03. The highest BCUT2D eigenvalue weighted by Crippen LogP contribution is 2.39. The number of hydrogen-bond donors (Lipinski definition) is 0. The summed E-state index contributed by atoms with van der Waals surface area (Å²) in [6.45, 7) is 2.10. The van der Waals surface area contributed by atoms with Crippen molar-refractivity contribution in [3.63, 3.8) is 0 Å². The number of thioether (sulfide) groups is 1. The first-order valence-corrected chi connectivity index (χ1v) is 9.86. The highest BCUT2D eigenvalue weighted by Gasteiger charge is 2.26. The highest BCUT2D eigenvalue weighted by atomic mass is 32.2. The molecule has 0 saturated heterocycles. The first-order chi connectivity index (χ1) is 12.7. The lowest BCUT2D eigenvalue weighted by molar-refractivity contribution is 0.339. The topological polar surface area (TPSA) is 87.2 Å². The number of pyridine rings is 1. The van der Waals surface area contributed by atoms with E-state index in [4.69, 9.17) is 0 Å². The van der Waals surface area contributed by atoms with Gasteiger partial charge in [-0.1, -0.05) is 31.0 Å². The number of aromatic nitrogens is 8. The van der Waals surface area contributed by atoms with E-state index in [1.165, 1.54) is 32.1 Å². The molecular weight excluding hydrogens is 348 g/mol. The first kappa shape index (κ1) is 17.1. The largest absolute Gasteiger partial charge is 0.299 e. The van der Waals surface area contributed by atoms with Gasteiger partial charge in [-0.2, -0.15) is 0 Å². The van der Waals surface area contributed by atoms with Crippen LogP contribution in [-0.2, 0) is 7.05 Å². The SMILES string of the molecule is CC(Sc1nnc(-c2ccncc2)n1C1CCCCC1)c1nnnn1C. The molecule has 1 aliphatic carbocycles. The van der Waals surface area contributed by atoms with E-state index < -0.39 is 0 Å². The smallest absolute Gasteiger partial charge is 0.192 e. The van der Waals surface area contributed by atoms with Gasteiger partial charge in [0.2, 0.25) is 0 Å². The van der Waals surface area contributed by atoms with Crippen molar-refractivity contribution >= 4 is 11.8 Å². The van der Waals surface area contributed by atoms with Gasteiger partial charge >= 0.3 is 0 Å². The lowest BCUT2D eigenvalue weighted by atomic mass is 9.95. The number of rotatable bonds is 5. The number of hydrogen-bond acceptors (Lipinski definition) is 7. The molecule has 3 aromatic rings. The highest BCUT2D eigenvalue weighted by molar-refractivity contribution is 7.99. The minimum absolute atomic E-state index is 0.0897. The summed E-state index contributed by atoms with van der Waals surface area (Å²) in [6.07, 6.45) is 9.77. The number of tetrazole rings is 1. The molecule has 1 unspecified atom stereocenters. The van der Waals surface area contributed by atoms with Gasteiger partial charge in [0.05, 0.1) is 5.25 Å². The Bertz CT molecular complexity index is 853. The molecule has 0 bridgehead atoms. The van der Waals surface area contributed by atoms with Crippen LogP contribution in [0.2, 0.25) is 0 Å². The first-order valence-electron chi connectivity index (χ1n) is 8.98. The van der Waals surface area contributed by atoms with E-state index in [0.717, 1.165) is 22.4 Å². The fraction of sp³-hybridized carbons (Fsp3) is 0.529. The molecule has 3 aromatic heterocycles. The maximum Gasteiger partial charge on any atom is 0.192 e. The summed E-state index contributed by atoms with van der Waals surface area (Å²) in [4.78, 5) is 4.12. The van der Waals surface area contributed by atoms with E-state index in [-0.39, 0.29) is 5.25 Å². The Labute approximate surface area is 156 Å². The van der Waals surface area contributed by atoms with Crippen LogP contribution >= 0.6 is 11.8 Å². The van der Waals surface area contributed by atoms with E-state index >= 15 is 0 Å². The third-order valence-corrected chi connectivity index (χ3v) is 5.90. The molecule has 136 valence electrons. The molecule has 4 rings (SSSR count). The third-order valence-electron chi connectivity index (χ3n) is 4.84. The fourth-order valence-corrected chi connectivity index (χ4v) is 4.57. The molecule has 1 saturated carbocycles. The van der Waals surface area contributed by atoms with E-state index in [2.05, 4.69) is 42.2 Å². The molecule has 9 heteroatoms. The van der Waals surface area contributed by atoms with Crippen LogP contribution in [0.1, 0.15) is 56.1 Å². The molecule has 0 spiro atoms. The Morgan fingerprint density at radius 2 is 1.85 bits per heavy atom.